The number of hydrogen-bond acceptors (Lipinski definition) is 2. The van der Waals surface area contributed by atoms with Crippen LogP contribution in [-0.4, -0.2) is 28.7 Å². The summed E-state index contributed by atoms with van der Waals surface area (Å²) in [6.07, 6.45) is 0.866. The molecule has 0 saturated heterocycles. The van der Waals surface area contributed by atoms with Gasteiger partial charge in [-0.1, -0.05) is 0 Å². The summed E-state index contributed by atoms with van der Waals surface area (Å²) in [7, 11) is 2.05. The zero-order valence-electron chi connectivity index (χ0n) is 6.48. The standard InChI is InChI=1S/C7H11N3O/c1-10-3-2-5-6(4-10)8-9-7(5)11/h2-4H2,1H3,(H2,8,9,11). The lowest BCUT2D eigenvalue weighted by molar-refractivity contribution is 0.308. The van der Waals surface area contributed by atoms with E-state index in [0.29, 0.717) is 0 Å². The molecule has 60 valence electrons. The Labute approximate surface area is 64.2 Å². The monoisotopic (exact) mass is 153 g/mol. The number of hydrogen-bond donors (Lipinski definition) is 2. The molecular formula is C7H11N3O. The van der Waals surface area contributed by atoms with Crippen molar-refractivity contribution >= 4 is 0 Å². The number of aromatic amines is 2. The molecule has 0 amide bonds. The second kappa shape index (κ2) is 2.23. The van der Waals surface area contributed by atoms with Crippen LogP contribution < -0.4 is 5.56 Å². The third-order valence-electron chi connectivity index (χ3n) is 2.14. The summed E-state index contributed by atoms with van der Waals surface area (Å²) in [5.41, 5.74) is 2.03. The van der Waals surface area contributed by atoms with Crippen molar-refractivity contribution in [3.63, 3.8) is 0 Å². The first-order chi connectivity index (χ1) is 5.27. The van der Waals surface area contributed by atoms with Crippen LogP contribution in [0, 0.1) is 0 Å². The second-order valence-electron chi connectivity index (χ2n) is 3.02. The number of likely N-dealkylation sites (N-methyl/N-ethyl adjacent to an activating group) is 1. The third-order valence-corrected chi connectivity index (χ3v) is 2.14. The average Bonchev–Trinajstić information content (AvgIpc) is 2.32. The van der Waals surface area contributed by atoms with Crippen molar-refractivity contribution in [3.8, 4) is 0 Å². The lowest BCUT2D eigenvalue weighted by Gasteiger charge is -2.20. The molecule has 1 aromatic rings. The number of H-pyrrole nitrogens is 2. The fourth-order valence-corrected chi connectivity index (χ4v) is 1.47. The van der Waals surface area contributed by atoms with Crippen molar-refractivity contribution in [1.29, 1.82) is 0 Å². The van der Waals surface area contributed by atoms with Crippen LogP contribution in [0.15, 0.2) is 4.79 Å². The zero-order valence-corrected chi connectivity index (χ0v) is 6.48. The molecule has 0 saturated carbocycles. The summed E-state index contributed by atoms with van der Waals surface area (Å²) in [5, 5.41) is 5.47. The molecule has 0 unspecified atom stereocenters. The Hall–Kier alpha value is -1.03. The van der Waals surface area contributed by atoms with Gasteiger partial charge in [-0.05, 0) is 13.5 Å². The zero-order chi connectivity index (χ0) is 7.84. The first-order valence-corrected chi connectivity index (χ1v) is 3.74. The van der Waals surface area contributed by atoms with Crippen molar-refractivity contribution in [2.75, 3.05) is 13.6 Å². The van der Waals surface area contributed by atoms with Gasteiger partial charge in [0.15, 0.2) is 0 Å². The normalized spacial score (nSPS) is 18.3. The predicted octanol–water partition coefficient (Wildman–Crippen LogP) is -0.309. The van der Waals surface area contributed by atoms with Crippen LogP contribution in [0.4, 0.5) is 0 Å². The Kier molecular flexibility index (Phi) is 1.35. The van der Waals surface area contributed by atoms with Gasteiger partial charge < -0.3 is 10.00 Å². The van der Waals surface area contributed by atoms with Crippen LogP contribution in [0.1, 0.15) is 11.3 Å². The summed E-state index contributed by atoms with van der Waals surface area (Å²) < 4.78 is 0. The first kappa shape index (κ1) is 6.67. The predicted molar refractivity (Wildman–Crippen MR) is 41.5 cm³/mol. The van der Waals surface area contributed by atoms with E-state index in [1.807, 2.05) is 7.05 Å². The lowest BCUT2D eigenvalue weighted by atomic mass is 10.1. The van der Waals surface area contributed by atoms with Crippen LogP contribution in [-0.2, 0) is 13.0 Å². The molecule has 0 spiro atoms. The Morgan fingerprint density at radius 2 is 2.27 bits per heavy atom. The number of fused-ring (bicyclic) bond motifs is 1. The average molecular weight is 153 g/mol. The van der Waals surface area contributed by atoms with E-state index in [1.54, 1.807) is 0 Å². The highest BCUT2D eigenvalue weighted by molar-refractivity contribution is 5.19. The van der Waals surface area contributed by atoms with E-state index in [1.165, 1.54) is 0 Å². The molecule has 0 atom stereocenters. The van der Waals surface area contributed by atoms with Gasteiger partial charge in [0.1, 0.15) is 0 Å². The smallest absolute Gasteiger partial charge is 0.267 e. The maximum atomic E-state index is 11.1. The van der Waals surface area contributed by atoms with Gasteiger partial charge in [-0.15, -0.1) is 0 Å². The molecule has 1 aliphatic rings. The maximum Gasteiger partial charge on any atom is 0.267 e. The molecule has 0 bridgehead atoms. The van der Waals surface area contributed by atoms with E-state index in [4.69, 9.17) is 0 Å². The van der Waals surface area contributed by atoms with Crippen LogP contribution in [0.5, 0.6) is 0 Å². The molecule has 2 rings (SSSR count). The van der Waals surface area contributed by atoms with Crippen molar-refractivity contribution in [2.24, 2.45) is 0 Å². The number of rotatable bonds is 0. The Morgan fingerprint density at radius 3 is 3.09 bits per heavy atom. The van der Waals surface area contributed by atoms with Gasteiger partial charge in [0, 0.05) is 18.7 Å². The van der Waals surface area contributed by atoms with E-state index in [9.17, 15) is 4.79 Å². The topological polar surface area (TPSA) is 51.9 Å². The maximum absolute atomic E-state index is 11.1. The molecule has 0 aliphatic carbocycles. The number of nitrogens with zero attached hydrogens (tertiary/aromatic N) is 1. The van der Waals surface area contributed by atoms with E-state index in [2.05, 4.69) is 15.1 Å². The number of nitrogens with one attached hydrogen (secondary N) is 2. The first-order valence-electron chi connectivity index (χ1n) is 3.74. The summed E-state index contributed by atoms with van der Waals surface area (Å²) in [5.74, 6) is 0. The summed E-state index contributed by atoms with van der Waals surface area (Å²) in [6.45, 7) is 1.84. The summed E-state index contributed by atoms with van der Waals surface area (Å²) in [4.78, 5) is 13.3. The van der Waals surface area contributed by atoms with Crippen molar-refractivity contribution in [2.45, 2.75) is 13.0 Å². The molecule has 0 radical (unpaired) electrons. The molecule has 1 aliphatic heterocycles. The lowest BCUT2D eigenvalue weighted by Crippen LogP contribution is -2.28. The van der Waals surface area contributed by atoms with Crippen LogP contribution in [0.3, 0.4) is 0 Å². The second-order valence-corrected chi connectivity index (χ2v) is 3.02. The Morgan fingerprint density at radius 1 is 1.45 bits per heavy atom. The van der Waals surface area contributed by atoms with E-state index in [0.717, 1.165) is 30.8 Å². The van der Waals surface area contributed by atoms with Gasteiger partial charge in [0.05, 0.1) is 5.69 Å². The highest BCUT2D eigenvalue weighted by Crippen LogP contribution is 2.10. The van der Waals surface area contributed by atoms with E-state index in [-0.39, 0.29) is 5.56 Å². The van der Waals surface area contributed by atoms with Gasteiger partial charge >= 0.3 is 0 Å². The van der Waals surface area contributed by atoms with Gasteiger partial charge in [-0.25, -0.2) is 0 Å². The molecular weight excluding hydrogens is 142 g/mol. The molecule has 0 fully saturated rings. The largest absolute Gasteiger partial charge is 0.301 e. The number of aromatic nitrogens is 2. The van der Waals surface area contributed by atoms with Crippen molar-refractivity contribution in [3.05, 3.63) is 21.6 Å². The van der Waals surface area contributed by atoms with Gasteiger partial charge in [0.2, 0.25) is 0 Å². The Balaban J connectivity index is 2.44. The molecule has 4 nitrogen and oxygen atoms in total. The fraction of sp³-hybridized carbons (Fsp3) is 0.571. The minimum absolute atomic E-state index is 0.0492. The fourth-order valence-electron chi connectivity index (χ4n) is 1.47. The molecule has 11 heavy (non-hydrogen) atoms. The van der Waals surface area contributed by atoms with Crippen molar-refractivity contribution in [1.82, 2.24) is 15.1 Å². The minimum Gasteiger partial charge on any atom is -0.301 e. The van der Waals surface area contributed by atoms with Gasteiger partial charge in [0.25, 0.3) is 5.56 Å². The van der Waals surface area contributed by atoms with E-state index < -0.39 is 0 Å². The van der Waals surface area contributed by atoms with Crippen LogP contribution in [0.25, 0.3) is 0 Å². The molecule has 4 heteroatoms. The van der Waals surface area contributed by atoms with Gasteiger partial charge in [-0.3, -0.25) is 9.89 Å². The summed E-state index contributed by atoms with van der Waals surface area (Å²) >= 11 is 0. The van der Waals surface area contributed by atoms with Crippen LogP contribution in [0.2, 0.25) is 0 Å². The van der Waals surface area contributed by atoms with Crippen LogP contribution >= 0.6 is 0 Å². The molecule has 1 aromatic heterocycles. The highest BCUT2D eigenvalue weighted by atomic mass is 16.1. The van der Waals surface area contributed by atoms with Gasteiger partial charge in [-0.2, -0.15) is 0 Å². The van der Waals surface area contributed by atoms with Crippen molar-refractivity contribution < 1.29 is 0 Å². The highest BCUT2D eigenvalue weighted by Gasteiger charge is 2.16. The quantitative estimate of drug-likeness (QED) is 0.537. The Bertz CT molecular complexity index is 312. The van der Waals surface area contributed by atoms with E-state index >= 15 is 0 Å². The summed E-state index contributed by atoms with van der Waals surface area (Å²) in [6, 6.07) is 0. The third kappa shape index (κ3) is 0.991. The molecule has 0 aromatic carbocycles. The minimum atomic E-state index is 0.0492. The molecule has 2 heterocycles. The SMILES string of the molecule is CN1CCc2c([nH][nH]c2=O)C1. The molecule has 2 N–H and O–H groups in total.